The van der Waals surface area contributed by atoms with Crippen molar-refractivity contribution in [2.75, 3.05) is 6.54 Å². The molecule has 112 valence electrons. The molecule has 0 heterocycles. The van der Waals surface area contributed by atoms with E-state index in [0.29, 0.717) is 5.56 Å². The number of nitrogens with zero attached hydrogens (tertiary/aromatic N) is 2. The lowest BCUT2D eigenvalue weighted by molar-refractivity contribution is 0.0697. The van der Waals surface area contributed by atoms with Crippen LogP contribution in [0, 0.1) is 11.3 Å². The fraction of sp³-hybridized carbons (Fsp3) is 0.429. The molecule has 0 spiro atoms. The van der Waals surface area contributed by atoms with Gasteiger partial charge in [0.05, 0.1) is 17.4 Å². The quantitative estimate of drug-likeness (QED) is 0.824. The van der Waals surface area contributed by atoms with Crippen LogP contribution in [0.15, 0.2) is 24.3 Å². The second-order valence-electron chi connectivity index (χ2n) is 5.01. The van der Waals surface area contributed by atoms with Crippen molar-refractivity contribution in [2.45, 2.75) is 31.1 Å². The summed E-state index contributed by atoms with van der Waals surface area (Å²) in [5.74, 6) is -1.22. The Kier molecular flexibility index (Phi) is 4.60. The first kappa shape index (κ1) is 15.5. The van der Waals surface area contributed by atoms with E-state index in [2.05, 4.69) is 0 Å². The van der Waals surface area contributed by atoms with E-state index in [0.717, 1.165) is 12.8 Å². The van der Waals surface area contributed by atoms with Crippen LogP contribution in [-0.4, -0.2) is 36.4 Å². The molecule has 7 heteroatoms. The molecule has 0 saturated heterocycles. The number of carbonyl (C=O) groups is 1. The molecule has 0 aromatic heterocycles. The predicted octanol–water partition coefficient (Wildman–Crippen LogP) is 1.59. The molecule has 1 fully saturated rings. The number of nitriles is 1. The Morgan fingerprint density at radius 1 is 1.33 bits per heavy atom. The highest BCUT2D eigenvalue weighted by Gasteiger charge is 2.36. The molecule has 2 rings (SSSR count). The Balaban J connectivity index is 2.11. The van der Waals surface area contributed by atoms with Gasteiger partial charge in [0, 0.05) is 19.0 Å². The van der Waals surface area contributed by atoms with Crippen molar-refractivity contribution in [1.29, 1.82) is 5.26 Å². The predicted molar refractivity (Wildman–Crippen MR) is 76.0 cm³/mol. The first-order valence-electron chi connectivity index (χ1n) is 6.63. The van der Waals surface area contributed by atoms with Crippen molar-refractivity contribution >= 4 is 16.0 Å². The SMILES string of the molecule is N#CCCN(C1CC1)S(=O)(=O)Cc1ccc(C(=O)O)cc1. The minimum absolute atomic E-state index is 0.0154. The Hall–Kier alpha value is -1.91. The maximum Gasteiger partial charge on any atom is 0.335 e. The van der Waals surface area contributed by atoms with Crippen LogP contribution in [0.1, 0.15) is 35.2 Å². The van der Waals surface area contributed by atoms with Crippen molar-refractivity contribution in [3.8, 4) is 6.07 Å². The molecule has 0 radical (unpaired) electrons. The molecule has 1 aromatic carbocycles. The average molecular weight is 308 g/mol. The zero-order valence-corrected chi connectivity index (χ0v) is 12.2. The number of carboxylic acid groups (broad SMARTS) is 1. The van der Waals surface area contributed by atoms with Crippen LogP contribution in [0.5, 0.6) is 0 Å². The fourth-order valence-corrected chi connectivity index (χ4v) is 3.92. The van der Waals surface area contributed by atoms with E-state index in [-0.39, 0.29) is 30.3 Å². The minimum Gasteiger partial charge on any atom is -0.478 e. The highest BCUT2D eigenvalue weighted by atomic mass is 32.2. The lowest BCUT2D eigenvalue weighted by Gasteiger charge is -2.20. The monoisotopic (exact) mass is 308 g/mol. The normalized spacial score (nSPS) is 14.9. The van der Waals surface area contributed by atoms with Crippen molar-refractivity contribution in [1.82, 2.24) is 4.31 Å². The molecule has 0 unspecified atom stereocenters. The third kappa shape index (κ3) is 4.03. The van der Waals surface area contributed by atoms with Gasteiger partial charge in [-0.1, -0.05) is 12.1 Å². The highest BCUT2D eigenvalue weighted by molar-refractivity contribution is 7.88. The standard InChI is InChI=1S/C14H16N2O4S/c15-8-1-9-16(13-6-7-13)21(19,20)10-11-2-4-12(5-3-11)14(17)18/h2-5,13H,1,6-7,9-10H2,(H,17,18). The molecule has 0 atom stereocenters. The topological polar surface area (TPSA) is 98.5 Å². The Bertz CT molecular complexity index is 657. The molecule has 0 aliphatic heterocycles. The first-order valence-corrected chi connectivity index (χ1v) is 8.23. The maximum absolute atomic E-state index is 12.4. The Labute approximate surface area is 123 Å². The van der Waals surface area contributed by atoms with Gasteiger partial charge in [0.25, 0.3) is 0 Å². The molecule has 1 N–H and O–H groups in total. The lowest BCUT2D eigenvalue weighted by atomic mass is 10.1. The summed E-state index contributed by atoms with van der Waals surface area (Å²) < 4.78 is 26.2. The summed E-state index contributed by atoms with van der Waals surface area (Å²) in [5.41, 5.74) is 0.669. The van der Waals surface area contributed by atoms with Crippen molar-refractivity contribution < 1.29 is 18.3 Å². The number of sulfonamides is 1. The van der Waals surface area contributed by atoms with Crippen molar-refractivity contribution in [2.24, 2.45) is 0 Å². The Morgan fingerprint density at radius 2 is 1.95 bits per heavy atom. The van der Waals surface area contributed by atoms with E-state index >= 15 is 0 Å². The van der Waals surface area contributed by atoms with E-state index in [1.807, 2.05) is 6.07 Å². The zero-order valence-electron chi connectivity index (χ0n) is 11.4. The van der Waals surface area contributed by atoms with Gasteiger partial charge in [-0.3, -0.25) is 0 Å². The molecule has 1 aliphatic rings. The second-order valence-corrected chi connectivity index (χ2v) is 6.93. The lowest BCUT2D eigenvalue weighted by Crippen LogP contribution is -2.34. The molecule has 1 aliphatic carbocycles. The number of aromatic carboxylic acids is 1. The summed E-state index contributed by atoms with van der Waals surface area (Å²) in [5, 5.41) is 17.4. The maximum atomic E-state index is 12.4. The van der Waals surface area contributed by atoms with E-state index in [1.54, 1.807) is 0 Å². The van der Waals surface area contributed by atoms with E-state index < -0.39 is 16.0 Å². The van der Waals surface area contributed by atoms with Gasteiger partial charge in [-0.2, -0.15) is 9.57 Å². The largest absolute Gasteiger partial charge is 0.478 e. The molecule has 6 nitrogen and oxygen atoms in total. The van der Waals surface area contributed by atoms with Crippen LogP contribution in [0.2, 0.25) is 0 Å². The van der Waals surface area contributed by atoms with Crippen LogP contribution in [-0.2, 0) is 15.8 Å². The van der Waals surface area contributed by atoms with Gasteiger partial charge < -0.3 is 5.11 Å². The van der Waals surface area contributed by atoms with Gasteiger partial charge in [-0.25, -0.2) is 13.2 Å². The van der Waals surface area contributed by atoms with Crippen LogP contribution in [0.25, 0.3) is 0 Å². The average Bonchev–Trinajstić information content (AvgIpc) is 3.23. The van der Waals surface area contributed by atoms with Gasteiger partial charge in [0.15, 0.2) is 0 Å². The van der Waals surface area contributed by atoms with E-state index in [4.69, 9.17) is 10.4 Å². The highest BCUT2D eigenvalue weighted by Crippen LogP contribution is 2.30. The smallest absolute Gasteiger partial charge is 0.335 e. The Morgan fingerprint density at radius 3 is 2.43 bits per heavy atom. The minimum atomic E-state index is -3.48. The van der Waals surface area contributed by atoms with Gasteiger partial charge in [0.1, 0.15) is 0 Å². The molecule has 0 bridgehead atoms. The van der Waals surface area contributed by atoms with Gasteiger partial charge >= 0.3 is 5.97 Å². The summed E-state index contributed by atoms with van der Waals surface area (Å²) in [4.78, 5) is 10.8. The summed E-state index contributed by atoms with van der Waals surface area (Å²) in [6.45, 7) is 0.219. The van der Waals surface area contributed by atoms with Crippen LogP contribution in [0.3, 0.4) is 0 Å². The first-order chi connectivity index (χ1) is 9.94. The van der Waals surface area contributed by atoms with Gasteiger partial charge in [0.2, 0.25) is 10.0 Å². The third-order valence-electron chi connectivity index (χ3n) is 3.31. The van der Waals surface area contributed by atoms with Crippen molar-refractivity contribution in [3.63, 3.8) is 0 Å². The van der Waals surface area contributed by atoms with Gasteiger partial charge in [-0.05, 0) is 30.5 Å². The number of hydrogen-bond acceptors (Lipinski definition) is 4. The van der Waals surface area contributed by atoms with Crippen LogP contribution >= 0.6 is 0 Å². The molecular weight excluding hydrogens is 292 g/mol. The summed E-state index contributed by atoms with van der Waals surface area (Å²) in [6.07, 6.45) is 1.85. The molecular formula is C14H16N2O4S. The van der Waals surface area contributed by atoms with Crippen molar-refractivity contribution in [3.05, 3.63) is 35.4 Å². The number of rotatable bonds is 7. The van der Waals surface area contributed by atoms with Crippen LogP contribution < -0.4 is 0 Å². The number of carboxylic acids is 1. The molecule has 1 aromatic rings. The summed E-state index contributed by atoms with van der Waals surface area (Å²) in [6, 6.07) is 7.79. The molecule has 0 amide bonds. The zero-order chi connectivity index (χ0) is 15.5. The van der Waals surface area contributed by atoms with Crippen LogP contribution in [0.4, 0.5) is 0 Å². The number of benzene rings is 1. The fourth-order valence-electron chi connectivity index (χ4n) is 2.11. The van der Waals surface area contributed by atoms with E-state index in [9.17, 15) is 13.2 Å². The molecule has 1 saturated carbocycles. The molecule has 21 heavy (non-hydrogen) atoms. The number of hydrogen-bond donors (Lipinski definition) is 1. The summed E-state index contributed by atoms with van der Waals surface area (Å²) in [7, 11) is -3.48. The van der Waals surface area contributed by atoms with E-state index in [1.165, 1.54) is 28.6 Å². The second kappa shape index (κ2) is 6.24. The third-order valence-corrected chi connectivity index (χ3v) is 5.20. The summed E-state index contributed by atoms with van der Waals surface area (Å²) >= 11 is 0. The van der Waals surface area contributed by atoms with Gasteiger partial charge in [-0.15, -0.1) is 0 Å².